The summed E-state index contributed by atoms with van der Waals surface area (Å²) < 4.78 is 12.4. The van der Waals surface area contributed by atoms with Crippen LogP contribution in [0.3, 0.4) is 0 Å². The number of aromatic nitrogens is 1. The first-order valence-electron chi connectivity index (χ1n) is 12.3. The summed E-state index contributed by atoms with van der Waals surface area (Å²) in [5.41, 5.74) is 1.05. The lowest BCUT2D eigenvalue weighted by molar-refractivity contribution is 0.0273. The summed E-state index contributed by atoms with van der Waals surface area (Å²) in [4.78, 5) is 29.5. The van der Waals surface area contributed by atoms with Gasteiger partial charge in [0, 0.05) is 37.0 Å². The molecule has 1 unspecified atom stereocenters. The number of hydrogen-bond acceptors (Lipinski definition) is 6. The van der Waals surface area contributed by atoms with Crippen LogP contribution in [0.2, 0.25) is 0 Å². The Morgan fingerprint density at radius 3 is 2.29 bits per heavy atom. The van der Waals surface area contributed by atoms with Crippen molar-refractivity contribution >= 4 is 23.1 Å². The molecule has 0 N–H and O–H groups in total. The largest absolute Gasteiger partial charge is 0.444 e. The normalized spacial score (nSPS) is 21.0. The number of hydrogen-bond donors (Lipinski definition) is 0. The Morgan fingerprint density at radius 1 is 0.971 bits per heavy atom. The molecule has 3 heterocycles. The molecule has 0 aliphatic carbocycles. The second kappa shape index (κ2) is 8.87. The SMILES string of the molecule is CC(C)(C)OC(=O)N1CCC2(CCN(Cc3ccc4c(c3)cc(C#N)n4C(=O)OC(C)(C)C)C2)C1. The van der Waals surface area contributed by atoms with Gasteiger partial charge in [0.1, 0.15) is 23.0 Å². The zero-order valence-electron chi connectivity index (χ0n) is 21.7. The Bertz CT molecular complexity index is 1180. The highest BCUT2D eigenvalue weighted by molar-refractivity contribution is 5.92. The summed E-state index contributed by atoms with van der Waals surface area (Å²) in [6.07, 6.45) is 1.28. The molecule has 1 amide bonds. The molecule has 1 spiro atoms. The van der Waals surface area contributed by atoms with Crippen LogP contribution >= 0.6 is 0 Å². The molecule has 1 aromatic heterocycles. The Hall–Kier alpha value is -3.05. The topological polar surface area (TPSA) is 87.8 Å². The Kier molecular flexibility index (Phi) is 6.35. The predicted octanol–water partition coefficient (Wildman–Crippen LogP) is 5.13. The summed E-state index contributed by atoms with van der Waals surface area (Å²) in [6, 6.07) is 9.80. The van der Waals surface area contributed by atoms with Crippen molar-refractivity contribution in [3.63, 3.8) is 0 Å². The van der Waals surface area contributed by atoms with E-state index in [9.17, 15) is 14.9 Å². The van der Waals surface area contributed by atoms with Crippen molar-refractivity contribution < 1.29 is 19.1 Å². The molecular weight excluding hydrogens is 444 g/mol. The molecule has 1 atom stereocenters. The second-order valence-corrected chi connectivity index (χ2v) is 12.0. The standard InChI is InChI=1S/C27H36N4O4/c1-25(2,3)34-23(32)30-12-10-27(18-30)9-11-29(17-27)16-19-7-8-22-20(13-19)14-21(15-28)31(22)24(33)35-26(4,5)6/h7-8,13-14H,9-12,16-18H2,1-6H3. The third-order valence-corrected chi connectivity index (χ3v) is 6.57. The maximum atomic E-state index is 12.7. The number of fused-ring (bicyclic) bond motifs is 1. The van der Waals surface area contributed by atoms with Gasteiger partial charge >= 0.3 is 12.2 Å². The summed E-state index contributed by atoms with van der Waals surface area (Å²) in [6.45, 7) is 15.3. The molecule has 35 heavy (non-hydrogen) atoms. The minimum atomic E-state index is -0.647. The summed E-state index contributed by atoms with van der Waals surface area (Å²) in [7, 11) is 0. The molecule has 0 radical (unpaired) electrons. The molecule has 2 aromatic rings. The quantitative estimate of drug-likeness (QED) is 0.592. The van der Waals surface area contributed by atoms with E-state index < -0.39 is 17.3 Å². The number of amides is 1. The third-order valence-electron chi connectivity index (χ3n) is 6.57. The van der Waals surface area contributed by atoms with Crippen LogP contribution in [0.1, 0.15) is 65.6 Å². The lowest BCUT2D eigenvalue weighted by Gasteiger charge is -2.27. The molecule has 188 valence electrons. The van der Waals surface area contributed by atoms with Gasteiger partial charge < -0.3 is 14.4 Å². The van der Waals surface area contributed by atoms with E-state index in [0.717, 1.165) is 56.5 Å². The fraction of sp³-hybridized carbons (Fsp3) is 0.593. The Labute approximate surface area is 207 Å². The maximum absolute atomic E-state index is 12.7. The van der Waals surface area contributed by atoms with Crippen LogP contribution in [0, 0.1) is 16.7 Å². The number of ether oxygens (including phenoxy) is 2. The van der Waals surface area contributed by atoms with E-state index in [1.807, 2.05) is 43.9 Å². The molecule has 0 bridgehead atoms. The van der Waals surface area contributed by atoms with Crippen molar-refractivity contribution in [3.05, 3.63) is 35.5 Å². The Balaban J connectivity index is 1.44. The number of rotatable bonds is 2. The molecule has 1 aromatic carbocycles. The van der Waals surface area contributed by atoms with Crippen molar-refractivity contribution in [2.45, 2.75) is 72.1 Å². The average Bonchev–Trinajstić information content (AvgIpc) is 3.42. The minimum absolute atomic E-state index is 0.120. The highest BCUT2D eigenvalue weighted by Crippen LogP contribution is 2.40. The van der Waals surface area contributed by atoms with Gasteiger partial charge in [-0.1, -0.05) is 6.07 Å². The average molecular weight is 481 g/mol. The van der Waals surface area contributed by atoms with Crippen molar-refractivity contribution in [3.8, 4) is 6.07 Å². The number of nitriles is 1. The number of carbonyl (C=O) groups is 2. The van der Waals surface area contributed by atoms with Crippen LogP contribution in [-0.2, 0) is 16.0 Å². The van der Waals surface area contributed by atoms with Crippen LogP contribution < -0.4 is 0 Å². The first kappa shape index (κ1) is 25.1. The summed E-state index contributed by atoms with van der Waals surface area (Å²) in [5, 5.41) is 10.4. The van der Waals surface area contributed by atoms with Gasteiger partial charge in [-0.15, -0.1) is 0 Å². The zero-order chi connectivity index (χ0) is 25.6. The van der Waals surface area contributed by atoms with E-state index in [1.54, 1.807) is 26.8 Å². The van der Waals surface area contributed by atoms with E-state index in [-0.39, 0.29) is 17.2 Å². The smallest absolute Gasteiger partial charge is 0.420 e. The molecule has 2 aliphatic heterocycles. The van der Waals surface area contributed by atoms with Crippen LogP contribution in [0.4, 0.5) is 9.59 Å². The number of nitrogens with zero attached hydrogens (tertiary/aromatic N) is 4. The highest BCUT2D eigenvalue weighted by Gasteiger charge is 2.45. The molecule has 2 saturated heterocycles. The van der Waals surface area contributed by atoms with Crippen molar-refractivity contribution in [1.29, 1.82) is 5.26 Å². The molecular formula is C27H36N4O4. The third kappa shape index (κ3) is 5.62. The van der Waals surface area contributed by atoms with Gasteiger partial charge in [0.25, 0.3) is 0 Å². The van der Waals surface area contributed by atoms with Gasteiger partial charge in [-0.05, 0) is 84.7 Å². The Morgan fingerprint density at radius 2 is 1.63 bits per heavy atom. The minimum Gasteiger partial charge on any atom is -0.444 e. The van der Waals surface area contributed by atoms with Gasteiger partial charge in [-0.3, -0.25) is 4.90 Å². The molecule has 8 heteroatoms. The van der Waals surface area contributed by atoms with Crippen molar-refractivity contribution in [2.24, 2.45) is 5.41 Å². The maximum Gasteiger partial charge on any atom is 0.420 e. The van der Waals surface area contributed by atoms with Crippen LogP contribution in [-0.4, -0.2) is 63.9 Å². The van der Waals surface area contributed by atoms with Crippen LogP contribution in [0.25, 0.3) is 10.9 Å². The summed E-state index contributed by atoms with van der Waals surface area (Å²) >= 11 is 0. The van der Waals surface area contributed by atoms with E-state index in [2.05, 4.69) is 11.0 Å². The van der Waals surface area contributed by atoms with Gasteiger partial charge in [0.05, 0.1) is 5.52 Å². The van der Waals surface area contributed by atoms with E-state index in [0.29, 0.717) is 5.52 Å². The van der Waals surface area contributed by atoms with Gasteiger partial charge in [0.15, 0.2) is 0 Å². The van der Waals surface area contributed by atoms with Crippen molar-refractivity contribution in [1.82, 2.24) is 14.4 Å². The monoisotopic (exact) mass is 480 g/mol. The number of likely N-dealkylation sites (tertiary alicyclic amines) is 2. The van der Waals surface area contributed by atoms with E-state index >= 15 is 0 Å². The lowest BCUT2D eigenvalue weighted by atomic mass is 9.86. The van der Waals surface area contributed by atoms with Crippen LogP contribution in [0.5, 0.6) is 0 Å². The number of benzene rings is 1. The van der Waals surface area contributed by atoms with E-state index in [1.165, 1.54) is 4.57 Å². The molecule has 2 fully saturated rings. The first-order chi connectivity index (χ1) is 16.3. The van der Waals surface area contributed by atoms with E-state index in [4.69, 9.17) is 9.47 Å². The lowest BCUT2D eigenvalue weighted by Crippen LogP contribution is -2.37. The molecule has 8 nitrogen and oxygen atoms in total. The van der Waals surface area contributed by atoms with Gasteiger partial charge in [0.2, 0.25) is 0 Å². The van der Waals surface area contributed by atoms with Gasteiger partial charge in [-0.25, -0.2) is 14.2 Å². The second-order valence-electron chi connectivity index (χ2n) is 12.0. The van der Waals surface area contributed by atoms with Crippen LogP contribution in [0.15, 0.2) is 24.3 Å². The van der Waals surface area contributed by atoms with Gasteiger partial charge in [-0.2, -0.15) is 5.26 Å². The molecule has 4 rings (SSSR count). The summed E-state index contributed by atoms with van der Waals surface area (Å²) in [5.74, 6) is 0. The predicted molar refractivity (Wildman–Crippen MR) is 133 cm³/mol. The zero-order valence-corrected chi connectivity index (χ0v) is 21.7. The fourth-order valence-electron chi connectivity index (χ4n) is 5.12. The highest BCUT2D eigenvalue weighted by atomic mass is 16.6. The fourth-order valence-corrected chi connectivity index (χ4v) is 5.12. The molecule has 0 saturated carbocycles. The molecule has 2 aliphatic rings. The van der Waals surface area contributed by atoms with Crippen molar-refractivity contribution in [2.75, 3.05) is 26.2 Å². The first-order valence-corrected chi connectivity index (χ1v) is 12.3. The number of carbonyl (C=O) groups excluding carboxylic acids is 2.